The van der Waals surface area contributed by atoms with E-state index in [0.29, 0.717) is 18.8 Å². The molecule has 24 heavy (non-hydrogen) atoms. The van der Waals surface area contributed by atoms with Crippen LogP contribution in [0.3, 0.4) is 0 Å². The lowest BCUT2D eigenvalue weighted by atomic mass is 9.64. The third kappa shape index (κ3) is 2.53. The summed E-state index contributed by atoms with van der Waals surface area (Å²) in [5.74, 6) is 0.704. The highest BCUT2D eigenvalue weighted by molar-refractivity contribution is 5.71. The number of piperidine rings is 1. The van der Waals surface area contributed by atoms with Gasteiger partial charge in [-0.1, -0.05) is 24.3 Å². The molecule has 1 spiro atoms. The average molecular weight is 323 g/mol. The zero-order chi connectivity index (χ0) is 16.6. The SMILES string of the molecule is NCCC(N)c1ncc2c(n1)-c1ccccc1C1(CCNCC1)C2. The van der Waals surface area contributed by atoms with Gasteiger partial charge in [-0.15, -0.1) is 0 Å². The van der Waals surface area contributed by atoms with E-state index in [1.165, 1.54) is 16.7 Å². The zero-order valence-electron chi connectivity index (χ0n) is 14.0. The van der Waals surface area contributed by atoms with Crippen LogP contribution in [0.4, 0.5) is 0 Å². The third-order valence-electron chi connectivity index (χ3n) is 5.54. The van der Waals surface area contributed by atoms with Crippen molar-refractivity contribution in [2.24, 2.45) is 11.5 Å². The van der Waals surface area contributed by atoms with Crippen molar-refractivity contribution >= 4 is 0 Å². The first-order chi connectivity index (χ1) is 11.7. The van der Waals surface area contributed by atoms with Crippen molar-refractivity contribution in [3.8, 4) is 11.3 Å². The van der Waals surface area contributed by atoms with Crippen LogP contribution in [-0.4, -0.2) is 29.6 Å². The summed E-state index contributed by atoms with van der Waals surface area (Å²) in [6, 6.07) is 8.54. The zero-order valence-corrected chi connectivity index (χ0v) is 14.0. The Morgan fingerprint density at radius 3 is 2.79 bits per heavy atom. The number of nitrogens with one attached hydrogen (secondary N) is 1. The maximum atomic E-state index is 6.18. The van der Waals surface area contributed by atoms with Gasteiger partial charge in [0.25, 0.3) is 0 Å². The Balaban J connectivity index is 1.81. The fourth-order valence-electron chi connectivity index (χ4n) is 4.23. The number of rotatable bonds is 3. The highest BCUT2D eigenvalue weighted by Crippen LogP contribution is 2.46. The van der Waals surface area contributed by atoms with Gasteiger partial charge in [0.1, 0.15) is 5.82 Å². The van der Waals surface area contributed by atoms with E-state index in [1.54, 1.807) is 0 Å². The minimum atomic E-state index is -0.192. The number of aromatic nitrogens is 2. The predicted octanol–water partition coefficient (Wildman–Crippen LogP) is 1.67. The van der Waals surface area contributed by atoms with Gasteiger partial charge < -0.3 is 16.8 Å². The molecular formula is C19H25N5. The molecular weight excluding hydrogens is 298 g/mol. The minimum absolute atomic E-state index is 0.192. The van der Waals surface area contributed by atoms with E-state index >= 15 is 0 Å². The molecule has 1 aromatic heterocycles. The molecule has 2 heterocycles. The van der Waals surface area contributed by atoms with Gasteiger partial charge in [-0.05, 0) is 56.4 Å². The summed E-state index contributed by atoms with van der Waals surface area (Å²) in [6.45, 7) is 2.70. The Bertz CT molecular complexity index is 736. The Kier molecular flexibility index (Phi) is 4.08. The maximum Gasteiger partial charge on any atom is 0.145 e. The van der Waals surface area contributed by atoms with E-state index in [-0.39, 0.29) is 11.5 Å². The van der Waals surface area contributed by atoms with Crippen molar-refractivity contribution < 1.29 is 0 Å². The molecule has 1 fully saturated rings. The van der Waals surface area contributed by atoms with Gasteiger partial charge in [0, 0.05) is 17.2 Å². The smallest absolute Gasteiger partial charge is 0.145 e. The Labute approximate surface area is 142 Å². The summed E-state index contributed by atoms with van der Waals surface area (Å²) in [5.41, 5.74) is 17.0. The van der Waals surface area contributed by atoms with Crippen molar-refractivity contribution in [1.29, 1.82) is 0 Å². The normalized spacial score (nSPS) is 19.6. The largest absolute Gasteiger partial charge is 0.330 e. The first kappa shape index (κ1) is 15.7. The Hall–Kier alpha value is -1.82. The Morgan fingerprint density at radius 1 is 1.21 bits per heavy atom. The van der Waals surface area contributed by atoms with E-state index in [9.17, 15) is 0 Å². The first-order valence-electron chi connectivity index (χ1n) is 8.85. The van der Waals surface area contributed by atoms with Gasteiger partial charge in [-0.25, -0.2) is 9.97 Å². The van der Waals surface area contributed by atoms with Crippen LogP contribution >= 0.6 is 0 Å². The van der Waals surface area contributed by atoms with Crippen LogP contribution in [0.2, 0.25) is 0 Å². The van der Waals surface area contributed by atoms with E-state index < -0.39 is 0 Å². The number of nitrogens with two attached hydrogens (primary N) is 2. The molecule has 1 aliphatic carbocycles. The lowest BCUT2D eigenvalue weighted by Gasteiger charge is -2.42. The fourth-order valence-corrected chi connectivity index (χ4v) is 4.23. The van der Waals surface area contributed by atoms with E-state index in [2.05, 4.69) is 34.6 Å². The molecule has 1 atom stereocenters. The lowest BCUT2D eigenvalue weighted by Crippen LogP contribution is -2.43. The van der Waals surface area contributed by atoms with E-state index in [4.69, 9.17) is 16.5 Å². The van der Waals surface area contributed by atoms with Gasteiger partial charge in [0.15, 0.2) is 0 Å². The average Bonchev–Trinajstić information content (AvgIpc) is 2.63. The summed E-state index contributed by atoms with van der Waals surface area (Å²) >= 11 is 0. The summed E-state index contributed by atoms with van der Waals surface area (Å²) < 4.78 is 0. The summed E-state index contributed by atoms with van der Waals surface area (Å²) in [6.07, 6.45) is 6.05. The molecule has 5 heteroatoms. The fraction of sp³-hybridized carbons (Fsp3) is 0.474. The molecule has 1 unspecified atom stereocenters. The molecule has 5 N–H and O–H groups in total. The van der Waals surface area contributed by atoms with Gasteiger partial charge in [0.05, 0.1) is 11.7 Å². The molecule has 0 radical (unpaired) electrons. The van der Waals surface area contributed by atoms with Crippen molar-refractivity contribution in [3.63, 3.8) is 0 Å². The number of hydrogen-bond acceptors (Lipinski definition) is 5. The monoisotopic (exact) mass is 323 g/mol. The van der Waals surface area contributed by atoms with Crippen LogP contribution in [0.15, 0.2) is 30.5 Å². The van der Waals surface area contributed by atoms with Crippen molar-refractivity contribution in [3.05, 3.63) is 47.4 Å². The summed E-state index contributed by atoms with van der Waals surface area (Å²) in [4.78, 5) is 9.40. The van der Waals surface area contributed by atoms with Crippen LogP contribution < -0.4 is 16.8 Å². The number of nitrogens with zero attached hydrogens (tertiary/aromatic N) is 2. The molecule has 0 saturated carbocycles. The van der Waals surface area contributed by atoms with Crippen molar-refractivity contribution in [2.75, 3.05) is 19.6 Å². The van der Waals surface area contributed by atoms with Crippen molar-refractivity contribution in [2.45, 2.75) is 37.1 Å². The summed E-state index contributed by atoms with van der Waals surface area (Å²) in [5, 5.41) is 3.49. The van der Waals surface area contributed by atoms with Gasteiger partial charge >= 0.3 is 0 Å². The Morgan fingerprint density at radius 2 is 2.00 bits per heavy atom. The number of fused-ring (bicyclic) bond motifs is 4. The summed E-state index contributed by atoms with van der Waals surface area (Å²) in [7, 11) is 0. The van der Waals surface area contributed by atoms with Gasteiger partial charge in [-0.3, -0.25) is 0 Å². The molecule has 1 saturated heterocycles. The molecule has 1 aliphatic heterocycles. The van der Waals surface area contributed by atoms with E-state index in [1.807, 2.05) is 6.20 Å². The standard InChI is InChI=1S/C19H25N5/c20-8-5-16(21)18-23-12-13-11-19(6-9-22-10-7-19)15-4-2-1-3-14(15)17(13)24-18/h1-4,12,16,22H,5-11,20-21H2. The second-order valence-corrected chi connectivity index (χ2v) is 7.04. The van der Waals surface area contributed by atoms with Crippen LogP contribution in [0.25, 0.3) is 11.3 Å². The van der Waals surface area contributed by atoms with E-state index in [0.717, 1.165) is 38.0 Å². The second kappa shape index (κ2) is 6.24. The predicted molar refractivity (Wildman–Crippen MR) is 95.6 cm³/mol. The molecule has 2 aliphatic rings. The molecule has 5 nitrogen and oxygen atoms in total. The van der Waals surface area contributed by atoms with Crippen LogP contribution in [0, 0.1) is 0 Å². The van der Waals surface area contributed by atoms with Crippen LogP contribution in [-0.2, 0) is 11.8 Å². The lowest BCUT2D eigenvalue weighted by molar-refractivity contribution is 0.302. The molecule has 0 bridgehead atoms. The third-order valence-corrected chi connectivity index (χ3v) is 5.54. The minimum Gasteiger partial charge on any atom is -0.330 e. The first-order valence-corrected chi connectivity index (χ1v) is 8.85. The number of hydrogen-bond donors (Lipinski definition) is 3. The highest BCUT2D eigenvalue weighted by Gasteiger charge is 2.40. The molecule has 4 rings (SSSR count). The molecule has 0 amide bonds. The van der Waals surface area contributed by atoms with Crippen LogP contribution in [0.1, 0.15) is 42.3 Å². The molecule has 126 valence electrons. The molecule has 2 aromatic rings. The van der Waals surface area contributed by atoms with Crippen LogP contribution in [0.5, 0.6) is 0 Å². The highest BCUT2D eigenvalue weighted by atomic mass is 14.9. The van der Waals surface area contributed by atoms with Gasteiger partial charge in [0.2, 0.25) is 0 Å². The number of benzene rings is 1. The molecule has 1 aromatic carbocycles. The van der Waals surface area contributed by atoms with Gasteiger partial charge in [-0.2, -0.15) is 0 Å². The topological polar surface area (TPSA) is 89.9 Å². The second-order valence-electron chi connectivity index (χ2n) is 7.04. The maximum absolute atomic E-state index is 6.18. The quantitative estimate of drug-likeness (QED) is 0.799. The van der Waals surface area contributed by atoms with Crippen molar-refractivity contribution in [1.82, 2.24) is 15.3 Å².